The molecular formula is C42H58N4O4. The highest BCUT2D eigenvalue weighted by Crippen LogP contribution is 2.43. The normalized spacial score (nSPS) is 17.4. The predicted molar refractivity (Wildman–Crippen MR) is 203 cm³/mol. The van der Waals surface area contributed by atoms with Gasteiger partial charge in [0.05, 0.1) is 11.4 Å². The van der Waals surface area contributed by atoms with Crippen LogP contribution in [0.4, 0.5) is 0 Å². The molecule has 0 bridgehead atoms. The summed E-state index contributed by atoms with van der Waals surface area (Å²) in [4.78, 5) is 42.3. The van der Waals surface area contributed by atoms with Crippen LogP contribution in [-0.4, -0.2) is 43.8 Å². The minimum Gasteiger partial charge on any atom is -0.455 e. The quantitative estimate of drug-likeness (QED) is 0.195. The van der Waals surface area contributed by atoms with Crippen LogP contribution in [0.15, 0.2) is 21.8 Å². The van der Waals surface area contributed by atoms with Gasteiger partial charge in [0.15, 0.2) is 0 Å². The summed E-state index contributed by atoms with van der Waals surface area (Å²) in [5.74, 6) is -0.526. The predicted octanol–water partition coefficient (Wildman–Crippen LogP) is 9.86. The van der Waals surface area contributed by atoms with Crippen molar-refractivity contribution < 1.29 is 19.1 Å². The number of ether oxygens (including phenoxy) is 2. The lowest BCUT2D eigenvalue weighted by atomic mass is 9.79. The molecule has 0 aromatic carbocycles. The van der Waals surface area contributed by atoms with Gasteiger partial charge in [-0.3, -0.25) is 4.99 Å². The second-order valence-electron chi connectivity index (χ2n) is 16.0. The first kappa shape index (κ1) is 37.2. The van der Waals surface area contributed by atoms with Gasteiger partial charge in [-0.25, -0.2) is 9.59 Å². The number of carbonyl (C=O) groups excluding carboxylic acids is 2. The van der Waals surface area contributed by atoms with E-state index in [2.05, 4.69) is 55.6 Å². The van der Waals surface area contributed by atoms with E-state index in [4.69, 9.17) is 14.5 Å². The first-order valence-corrected chi connectivity index (χ1v) is 18.5. The number of nitrogens with one attached hydrogen (secondary N) is 3. The van der Waals surface area contributed by atoms with Crippen molar-refractivity contribution in [1.82, 2.24) is 15.0 Å². The molecule has 3 aromatic heterocycles. The Bertz CT molecular complexity index is 1910. The molecular weight excluding hydrogens is 624 g/mol. The van der Waals surface area contributed by atoms with Crippen molar-refractivity contribution >= 4 is 23.7 Å². The zero-order valence-corrected chi connectivity index (χ0v) is 32.7. The summed E-state index contributed by atoms with van der Waals surface area (Å²) >= 11 is 0. The number of fused-ring (bicyclic) bond motifs is 1. The number of carbonyl (C=O) groups is 2. The van der Waals surface area contributed by atoms with E-state index in [-0.39, 0.29) is 17.9 Å². The first-order chi connectivity index (χ1) is 23.4. The molecule has 1 atom stereocenters. The summed E-state index contributed by atoms with van der Waals surface area (Å²) in [6.45, 7) is 26.3. The zero-order chi connectivity index (χ0) is 36.9. The minimum absolute atomic E-state index is 0.0961. The summed E-state index contributed by atoms with van der Waals surface area (Å²) in [5.41, 5.74) is 15.8. The second kappa shape index (κ2) is 13.9. The zero-order valence-electron chi connectivity index (χ0n) is 32.7. The van der Waals surface area contributed by atoms with Crippen molar-refractivity contribution in [2.24, 2.45) is 4.99 Å². The van der Waals surface area contributed by atoms with E-state index in [1.165, 1.54) is 27.8 Å². The molecule has 4 heterocycles. The van der Waals surface area contributed by atoms with E-state index in [0.717, 1.165) is 89.4 Å². The number of aromatic amines is 3. The van der Waals surface area contributed by atoms with Crippen LogP contribution >= 0.6 is 0 Å². The van der Waals surface area contributed by atoms with E-state index in [9.17, 15) is 9.59 Å². The number of nitrogens with zero attached hydrogens (tertiary/aromatic N) is 1. The average molecular weight is 683 g/mol. The first-order valence-electron chi connectivity index (χ1n) is 18.5. The fourth-order valence-electron chi connectivity index (χ4n) is 7.86. The average Bonchev–Trinajstić information content (AvgIpc) is 3.72. The molecule has 3 N–H and O–H groups in total. The lowest BCUT2D eigenvalue weighted by molar-refractivity contribution is 0.00501. The second-order valence-corrected chi connectivity index (χ2v) is 16.0. The lowest BCUT2D eigenvalue weighted by Gasteiger charge is -2.25. The van der Waals surface area contributed by atoms with Crippen LogP contribution in [0.1, 0.15) is 172 Å². The summed E-state index contributed by atoms with van der Waals surface area (Å²) < 4.78 is 11.5. The van der Waals surface area contributed by atoms with Gasteiger partial charge in [0, 0.05) is 35.1 Å². The summed E-state index contributed by atoms with van der Waals surface area (Å²) in [7, 11) is 0. The standard InChI is InChI=1S/C42H58N4O4/c1-14-26-22(4)31(20-34-27(15-2)24(6)35(45-34)39(47)49-41(8,9)10)43-33(26)21-32-23(5)29-18-17-19-30(38(29)44-32)37-28(16-3)25(7)36(46-37)40(48)50-42(11,12)13/h21,30,43,45-46H,14-20H2,1-13H3/b32-21+. The molecule has 0 amide bonds. The Hall–Kier alpha value is -4.07. The summed E-state index contributed by atoms with van der Waals surface area (Å²) in [6, 6.07) is 0. The molecule has 3 aromatic rings. The molecule has 2 aliphatic rings. The van der Waals surface area contributed by atoms with E-state index >= 15 is 0 Å². The highest BCUT2D eigenvalue weighted by Gasteiger charge is 2.36. The van der Waals surface area contributed by atoms with Gasteiger partial charge in [-0.1, -0.05) is 20.8 Å². The van der Waals surface area contributed by atoms with Gasteiger partial charge < -0.3 is 24.4 Å². The largest absolute Gasteiger partial charge is 0.455 e. The van der Waals surface area contributed by atoms with Crippen molar-refractivity contribution in [3.8, 4) is 0 Å². The van der Waals surface area contributed by atoms with E-state index in [1.807, 2.05) is 55.4 Å². The van der Waals surface area contributed by atoms with Crippen LogP contribution in [0.25, 0.3) is 6.08 Å². The van der Waals surface area contributed by atoms with Crippen LogP contribution in [-0.2, 0) is 35.2 Å². The number of aromatic nitrogens is 3. The van der Waals surface area contributed by atoms with Crippen LogP contribution < -0.4 is 0 Å². The van der Waals surface area contributed by atoms with Crippen LogP contribution in [0.5, 0.6) is 0 Å². The Morgan fingerprint density at radius 1 is 0.760 bits per heavy atom. The van der Waals surface area contributed by atoms with Gasteiger partial charge in [-0.05, 0) is 158 Å². The fourth-order valence-corrected chi connectivity index (χ4v) is 7.86. The number of esters is 2. The third kappa shape index (κ3) is 7.22. The monoisotopic (exact) mass is 682 g/mol. The maximum atomic E-state index is 13.2. The number of hydrogen-bond donors (Lipinski definition) is 3. The third-order valence-corrected chi connectivity index (χ3v) is 10.3. The van der Waals surface area contributed by atoms with Crippen LogP contribution in [0, 0.1) is 20.8 Å². The van der Waals surface area contributed by atoms with E-state index < -0.39 is 11.2 Å². The van der Waals surface area contributed by atoms with Crippen LogP contribution in [0.2, 0.25) is 0 Å². The van der Waals surface area contributed by atoms with Gasteiger partial charge in [-0.2, -0.15) is 0 Å². The van der Waals surface area contributed by atoms with Gasteiger partial charge in [0.25, 0.3) is 0 Å². The van der Waals surface area contributed by atoms with Crippen molar-refractivity contribution in [1.29, 1.82) is 0 Å². The van der Waals surface area contributed by atoms with Gasteiger partial charge in [0.1, 0.15) is 22.6 Å². The number of rotatable bonds is 9. The number of hydrogen-bond acceptors (Lipinski definition) is 5. The molecule has 1 aliphatic carbocycles. The molecule has 8 nitrogen and oxygen atoms in total. The SMILES string of the molecule is CCc1c(/C=C2/N=C3C(=C2C)CCCC3c2[nH]c(C(=O)OC(C)(C)C)c(C)c2CC)[nH]c(Cc2[nH]c(C(=O)OC(C)(C)C)c(C)c2CC)c1C. The molecule has 8 heteroatoms. The molecule has 0 saturated heterocycles. The Labute approximate surface area is 298 Å². The lowest BCUT2D eigenvalue weighted by Crippen LogP contribution is -2.24. The molecule has 0 spiro atoms. The van der Waals surface area contributed by atoms with Crippen molar-refractivity contribution in [3.63, 3.8) is 0 Å². The Kier molecular flexibility index (Phi) is 10.4. The van der Waals surface area contributed by atoms with Gasteiger partial charge >= 0.3 is 11.9 Å². The highest BCUT2D eigenvalue weighted by atomic mass is 16.6. The van der Waals surface area contributed by atoms with Crippen molar-refractivity contribution in [2.75, 3.05) is 0 Å². The van der Waals surface area contributed by atoms with Gasteiger partial charge in [-0.15, -0.1) is 0 Å². The maximum Gasteiger partial charge on any atom is 0.355 e. The summed E-state index contributed by atoms with van der Waals surface area (Å²) in [6.07, 6.45) is 8.47. The minimum atomic E-state index is -0.566. The molecule has 0 radical (unpaired) electrons. The smallest absolute Gasteiger partial charge is 0.355 e. The molecule has 1 aliphatic heterocycles. The summed E-state index contributed by atoms with van der Waals surface area (Å²) in [5, 5.41) is 0. The third-order valence-electron chi connectivity index (χ3n) is 10.3. The Balaban J connectivity index is 1.50. The fraction of sp³-hybridized carbons (Fsp3) is 0.548. The van der Waals surface area contributed by atoms with E-state index in [1.54, 1.807) is 0 Å². The molecule has 5 rings (SSSR count). The molecule has 1 unspecified atom stereocenters. The van der Waals surface area contributed by atoms with E-state index in [0.29, 0.717) is 17.8 Å². The molecule has 1 saturated carbocycles. The molecule has 1 fully saturated rings. The van der Waals surface area contributed by atoms with Crippen LogP contribution in [0.3, 0.4) is 0 Å². The molecule has 270 valence electrons. The Morgan fingerprint density at radius 3 is 1.88 bits per heavy atom. The van der Waals surface area contributed by atoms with Gasteiger partial charge in [0.2, 0.25) is 0 Å². The Morgan fingerprint density at radius 2 is 1.32 bits per heavy atom. The topological polar surface area (TPSA) is 112 Å². The maximum absolute atomic E-state index is 13.2. The number of H-pyrrole nitrogens is 3. The highest BCUT2D eigenvalue weighted by molar-refractivity contribution is 6.10. The number of allylic oxidation sites excluding steroid dienone is 2. The van der Waals surface area contributed by atoms with Crippen molar-refractivity contribution in [2.45, 2.75) is 152 Å². The van der Waals surface area contributed by atoms with Crippen molar-refractivity contribution in [3.05, 3.63) is 84.4 Å². The molecule has 50 heavy (non-hydrogen) atoms. The number of aliphatic imine (C=N–C) groups is 1.